The zero-order chi connectivity index (χ0) is 23.6. The van der Waals surface area contributed by atoms with Gasteiger partial charge in [0.2, 0.25) is 20.6 Å². The van der Waals surface area contributed by atoms with Gasteiger partial charge < -0.3 is 11.1 Å². The highest BCUT2D eigenvalue weighted by molar-refractivity contribution is 7.74. The molecule has 0 aromatic heterocycles. The Morgan fingerprint density at radius 2 is 1.32 bits per heavy atom. The minimum atomic E-state index is -2.46. The minimum Gasteiger partial charge on any atom is -0.369 e. The van der Waals surface area contributed by atoms with E-state index in [9.17, 15) is 16.8 Å². The average Bonchev–Trinajstić information content (AvgIpc) is 3.42. The molecule has 0 amide bonds. The maximum absolute atomic E-state index is 12.1. The molecule has 6 rings (SSSR count). The fourth-order valence-corrected chi connectivity index (χ4v) is 6.93. The van der Waals surface area contributed by atoms with Gasteiger partial charge in [-0.05, 0) is 47.2 Å². The molecular formula is C25H21N3O4S2. The Balaban J connectivity index is 1.59. The highest BCUT2D eigenvalue weighted by Crippen LogP contribution is 2.23. The van der Waals surface area contributed by atoms with Crippen molar-refractivity contribution in [1.82, 2.24) is 5.32 Å². The quantitative estimate of drug-likeness (QED) is 0.304. The van der Waals surface area contributed by atoms with E-state index in [-0.39, 0.29) is 15.7 Å². The molecule has 9 heteroatoms. The Bertz CT molecular complexity index is 1880. The minimum absolute atomic E-state index is 0.0472. The predicted octanol–water partition coefficient (Wildman–Crippen LogP) is -1.39. The van der Waals surface area contributed by atoms with Crippen LogP contribution in [0, 0.1) is 0 Å². The first kappa shape index (κ1) is 21.1. The lowest BCUT2D eigenvalue weighted by Gasteiger charge is -2.17. The van der Waals surface area contributed by atoms with E-state index >= 15 is 0 Å². The van der Waals surface area contributed by atoms with Crippen molar-refractivity contribution in [2.75, 3.05) is 0 Å². The Morgan fingerprint density at radius 1 is 0.765 bits per heavy atom. The number of nitrogens with one attached hydrogen (secondary N) is 1. The topological polar surface area (TPSA) is 119 Å². The largest absolute Gasteiger partial charge is 0.369 e. The van der Waals surface area contributed by atoms with Gasteiger partial charge in [0, 0.05) is 23.3 Å². The third kappa shape index (κ3) is 3.19. The summed E-state index contributed by atoms with van der Waals surface area (Å²) in [5, 5.41) is 6.72. The Hall–Kier alpha value is -3.43. The first-order valence-corrected chi connectivity index (χ1v) is 13.3. The van der Waals surface area contributed by atoms with Crippen molar-refractivity contribution in [2.24, 2.45) is 10.7 Å². The monoisotopic (exact) mass is 491 g/mol. The van der Waals surface area contributed by atoms with Crippen LogP contribution in [0.15, 0.2) is 41.4 Å². The fourth-order valence-electron chi connectivity index (χ4n) is 5.71. The van der Waals surface area contributed by atoms with E-state index in [0.29, 0.717) is 24.2 Å². The molecule has 4 aliphatic rings. The van der Waals surface area contributed by atoms with E-state index < -0.39 is 20.6 Å². The van der Waals surface area contributed by atoms with E-state index in [0.717, 1.165) is 57.7 Å². The van der Waals surface area contributed by atoms with Crippen molar-refractivity contribution >= 4 is 58.8 Å². The summed E-state index contributed by atoms with van der Waals surface area (Å²) in [6.07, 6.45) is 4.09. The smallest absolute Gasteiger partial charge is 0.219 e. The third-order valence-electron chi connectivity index (χ3n) is 7.10. The number of aryl methyl sites for hydroxylation is 2. The van der Waals surface area contributed by atoms with Crippen molar-refractivity contribution in [3.8, 4) is 0 Å². The summed E-state index contributed by atoms with van der Waals surface area (Å²) >= 11 is 0. The summed E-state index contributed by atoms with van der Waals surface area (Å²) in [5.74, 6) is -0.0472. The highest BCUT2D eigenvalue weighted by Gasteiger charge is 2.26. The highest BCUT2D eigenvalue weighted by atomic mass is 32.2. The number of hydrogen-bond donors (Lipinski definition) is 2. The van der Waals surface area contributed by atoms with Gasteiger partial charge >= 0.3 is 0 Å². The molecule has 34 heavy (non-hydrogen) atoms. The summed E-state index contributed by atoms with van der Waals surface area (Å²) in [4.78, 5) is 4.95. The van der Waals surface area contributed by atoms with Crippen LogP contribution in [0.25, 0.3) is 22.5 Å². The number of rotatable bonds is 2. The van der Waals surface area contributed by atoms with Gasteiger partial charge in [0.15, 0.2) is 5.96 Å². The fraction of sp³-hybridized carbons (Fsp3) is 0.240. The maximum Gasteiger partial charge on any atom is 0.219 e. The second-order valence-electron chi connectivity index (χ2n) is 8.90. The summed E-state index contributed by atoms with van der Waals surface area (Å²) in [6.45, 7) is 0. The van der Waals surface area contributed by atoms with Crippen LogP contribution in [0.4, 0.5) is 0 Å². The number of hydrogen-bond acceptors (Lipinski definition) is 5. The van der Waals surface area contributed by atoms with Gasteiger partial charge in [-0.25, -0.2) is 4.99 Å². The van der Waals surface area contributed by atoms with Crippen LogP contribution < -0.4 is 31.9 Å². The summed E-state index contributed by atoms with van der Waals surface area (Å²) in [5.41, 5.74) is 11.6. The van der Waals surface area contributed by atoms with E-state index in [2.05, 4.69) is 22.4 Å². The van der Waals surface area contributed by atoms with Crippen molar-refractivity contribution in [2.45, 2.75) is 38.5 Å². The lowest BCUT2D eigenvalue weighted by molar-refractivity contribution is 0.625. The molecule has 2 aromatic carbocycles. The number of guanidine groups is 1. The first-order chi connectivity index (χ1) is 16.4. The second-order valence-corrected chi connectivity index (χ2v) is 10.8. The molecule has 4 aliphatic carbocycles. The summed E-state index contributed by atoms with van der Waals surface area (Å²) < 4.78 is 48.5. The lowest BCUT2D eigenvalue weighted by Crippen LogP contribution is -2.45. The standard InChI is InChI=1S/C25H21N3O4S2/c26-25(27-23-17-5-1-3-13-7-9-15(21(13)17)11-19(23)33(29)30)28-24-18-6-2-4-14-8-10-16(22(14)18)12-20(24)34(31)32/h1-6H,7-12H2,(H3,26,27,28). The number of aliphatic imine (C=N–C) groups is 1. The van der Waals surface area contributed by atoms with Crippen LogP contribution in [-0.2, 0) is 33.4 Å². The van der Waals surface area contributed by atoms with Crippen molar-refractivity contribution < 1.29 is 16.8 Å². The van der Waals surface area contributed by atoms with Gasteiger partial charge in [-0.3, -0.25) is 0 Å². The van der Waals surface area contributed by atoms with Crippen LogP contribution in [0.5, 0.6) is 0 Å². The molecule has 0 bridgehead atoms. The van der Waals surface area contributed by atoms with Crippen molar-refractivity contribution in [3.05, 3.63) is 68.4 Å². The SMILES string of the molecule is NC(=NC1=c2cccc3c2=C(CC3)CC1=S(=O)=O)NC1=c2cccc3c2=C(CC3)CC1=S(=O)=O. The first-order valence-electron chi connectivity index (χ1n) is 11.1. The normalized spacial score (nSPS) is 18.3. The van der Waals surface area contributed by atoms with Crippen LogP contribution in [0.1, 0.15) is 36.8 Å². The molecule has 7 nitrogen and oxygen atoms in total. The van der Waals surface area contributed by atoms with E-state index in [1.165, 1.54) is 11.1 Å². The zero-order valence-corrected chi connectivity index (χ0v) is 19.8. The molecule has 0 saturated carbocycles. The Morgan fingerprint density at radius 3 is 1.94 bits per heavy atom. The number of nitrogens with zero attached hydrogens (tertiary/aromatic N) is 1. The molecule has 0 aliphatic heterocycles. The molecular weight excluding hydrogens is 470 g/mol. The van der Waals surface area contributed by atoms with E-state index in [1.807, 2.05) is 24.3 Å². The molecule has 0 spiro atoms. The van der Waals surface area contributed by atoms with E-state index in [1.54, 1.807) is 0 Å². The van der Waals surface area contributed by atoms with Gasteiger partial charge in [0.1, 0.15) is 9.73 Å². The third-order valence-corrected chi connectivity index (χ3v) is 8.59. The van der Waals surface area contributed by atoms with Crippen LogP contribution >= 0.6 is 0 Å². The lowest BCUT2D eigenvalue weighted by atomic mass is 9.98. The maximum atomic E-state index is 12.1. The van der Waals surface area contributed by atoms with E-state index in [4.69, 9.17) is 5.73 Å². The van der Waals surface area contributed by atoms with Crippen LogP contribution in [-0.4, -0.2) is 32.5 Å². The van der Waals surface area contributed by atoms with Crippen LogP contribution in [0.2, 0.25) is 0 Å². The number of nitrogens with two attached hydrogens (primary N) is 1. The van der Waals surface area contributed by atoms with Crippen molar-refractivity contribution in [1.29, 1.82) is 0 Å². The van der Waals surface area contributed by atoms with Crippen molar-refractivity contribution in [3.63, 3.8) is 0 Å². The van der Waals surface area contributed by atoms with Gasteiger partial charge in [0.05, 0.1) is 11.4 Å². The predicted molar refractivity (Wildman–Crippen MR) is 134 cm³/mol. The second kappa shape index (κ2) is 7.82. The molecule has 2 aromatic rings. The zero-order valence-electron chi connectivity index (χ0n) is 18.2. The molecule has 0 unspecified atom stereocenters. The Labute approximate surface area is 198 Å². The van der Waals surface area contributed by atoms with Crippen LogP contribution in [0.3, 0.4) is 0 Å². The van der Waals surface area contributed by atoms with Gasteiger partial charge in [-0.1, -0.05) is 47.5 Å². The van der Waals surface area contributed by atoms with Gasteiger partial charge in [0.25, 0.3) is 0 Å². The molecule has 0 saturated heterocycles. The average molecular weight is 492 g/mol. The Kier molecular flexibility index (Phi) is 4.86. The number of benzene rings is 2. The molecule has 172 valence electrons. The molecule has 3 N–H and O–H groups in total. The summed E-state index contributed by atoms with van der Waals surface area (Å²) in [7, 11) is -4.90. The molecule has 0 radical (unpaired) electrons. The van der Waals surface area contributed by atoms with Gasteiger partial charge in [-0.15, -0.1) is 0 Å². The molecule has 0 fully saturated rings. The molecule has 0 atom stereocenters. The molecule has 0 heterocycles. The summed E-state index contributed by atoms with van der Waals surface area (Å²) in [6, 6.07) is 11.7. The van der Waals surface area contributed by atoms with Gasteiger partial charge in [-0.2, -0.15) is 16.8 Å².